The molecular weight excluding hydrogens is 330 g/mol. The van der Waals surface area contributed by atoms with Crippen LogP contribution in [0, 0.1) is 0 Å². The van der Waals surface area contributed by atoms with Crippen molar-refractivity contribution in [3.8, 4) is 11.5 Å². The number of hydrogen-bond donors (Lipinski definition) is 1. The maximum Gasteiger partial charge on any atom is 0.134 e. The van der Waals surface area contributed by atoms with E-state index in [1.54, 1.807) is 7.11 Å². The highest BCUT2D eigenvalue weighted by molar-refractivity contribution is 9.10. The fourth-order valence-corrected chi connectivity index (χ4v) is 2.84. The highest BCUT2D eigenvalue weighted by atomic mass is 79.9. The predicted molar refractivity (Wildman–Crippen MR) is 87.1 cm³/mol. The molecule has 3 rings (SSSR count). The van der Waals surface area contributed by atoms with Crippen LogP contribution >= 0.6 is 15.9 Å². The Morgan fingerprint density at radius 1 is 1.14 bits per heavy atom. The molecule has 1 aliphatic heterocycles. The molecule has 0 aliphatic carbocycles. The average molecular weight is 348 g/mol. The second-order valence-electron chi connectivity index (χ2n) is 5.15. The molecule has 0 amide bonds. The van der Waals surface area contributed by atoms with Crippen molar-refractivity contribution < 1.29 is 9.47 Å². The third kappa shape index (κ3) is 3.22. The Kier molecular flexibility index (Phi) is 4.46. The minimum atomic E-state index is 0.507. The van der Waals surface area contributed by atoms with Crippen LogP contribution in [0.15, 0.2) is 46.9 Å². The molecule has 0 spiro atoms. The highest BCUT2D eigenvalue weighted by Crippen LogP contribution is 2.38. The molecule has 0 saturated carbocycles. The number of nitrogens with one attached hydrogen (secondary N) is 1. The third-order valence-corrected chi connectivity index (χ3v) is 4.36. The van der Waals surface area contributed by atoms with Gasteiger partial charge in [0.1, 0.15) is 18.1 Å². The van der Waals surface area contributed by atoms with Gasteiger partial charge in [-0.05, 0) is 33.6 Å². The van der Waals surface area contributed by atoms with Crippen LogP contribution < -0.4 is 14.8 Å². The first-order valence-electron chi connectivity index (χ1n) is 7.03. The molecular formula is C17H18BrNO2. The van der Waals surface area contributed by atoms with Crippen LogP contribution in [0.5, 0.6) is 11.5 Å². The normalized spacial score (nSPS) is 14.6. The minimum Gasteiger partial charge on any atom is -0.496 e. The fourth-order valence-electron chi connectivity index (χ4n) is 2.40. The number of rotatable bonds is 5. The molecule has 0 aromatic heterocycles. The number of methoxy groups -OCH3 is 1. The van der Waals surface area contributed by atoms with E-state index in [9.17, 15) is 0 Å². The van der Waals surface area contributed by atoms with Crippen LogP contribution in [-0.4, -0.2) is 20.2 Å². The van der Waals surface area contributed by atoms with E-state index < -0.39 is 0 Å². The zero-order valence-electron chi connectivity index (χ0n) is 11.9. The van der Waals surface area contributed by atoms with Gasteiger partial charge in [0.05, 0.1) is 11.6 Å². The van der Waals surface area contributed by atoms with Gasteiger partial charge in [-0.3, -0.25) is 0 Å². The summed E-state index contributed by atoms with van der Waals surface area (Å²) in [5.41, 5.74) is 2.37. The lowest BCUT2D eigenvalue weighted by Gasteiger charge is -2.29. The monoisotopic (exact) mass is 347 g/mol. The fraction of sp³-hybridized carbons (Fsp3) is 0.294. The summed E-state index contributed by atoms with van der Waals surface area (Å²) < 4.78 is 12.4. The maximum atomic E-state index is 5.96. The Balaban J connectivity index is 1.81. The van der Waals surface area contributed by atoms with E-state index in [4.69, 9.17) is 9.47 Å². The molecule has 110 valence electrons. The second kappa shape index (κ2) is 6.50. The number of benzene rings is 2. The SMILES string of the molecule is COc1cc(Br)c(OCc2ccccc2)cc1C1CNC1. The van der Waals surface area contributed by atoms with Gasteiger partial charge in [-0.2, -0.15) is 0 Å². The Morgan fingerprint density at radius 2 is 1.90 bits per heavy atom. The van der Waals surface area contributed by atoms with E-state index in [0.29, 0.717) is 12.5 Å². The topological polar surface area (TPSA) is 30.5 Å². The van der Waals surface area contributed by atoms with Crippen molar-refractivity contribution in [2.45, 2.75) is 12.5 Å². The van der Waals surface area contributed by atoms with Crippen molar-refractivity contribution >= 4 is 15.9 Å². The molecule has 0 bridgehead atoms. The van der Waals surface area contributed by atoms with Gasteiger partial charge in [0, 0.05) is 24.6 Å². The molecule has 4 heteroatoms. The Labute approximate surface area is 133 Å². The van der Waals surface area contributed by atoms with E-state index in [1.807, 2.05) is 24.3 Å². The highest BCUT2D eigenvalue weighted by Gasteiger charge is 2.24. The first kappa shape index (κ1) is 14.4. The van der Waals surface area contributed by atoms with Crippen molar-refractivity contribution in [2.75, 3.05) is 20.2 Å². The molecule has 1 N–H and O–H groups in total. The van der Waals surface area contributed by atoms with E-state index in [1.165, 1.54) is 5.56 Å². The molecule has 3 nitrogen and oxygen atoms in total. The maximum absolute atomic E-state index is 5.96. The van der Waals surface area contributed by atoms with Crippen LogP contribution in [0.3, 0.4) is 0 Å². The molecule has 0 radical (unpaired) electrons. The van der Waals surface area contributed by atoms with Gasteiger partial charge in [0.2, 0.25) is 0 Å². The van der Waals surface area contributed by atoms with Crippen molar-refractivity contribution in [1.82, 2.24) is 5.32 Å². The summed E-state index contributed by atoms with van der Waals surface area (Å²) in [4.78, 5) is 0. The van der Waals surface area contributed by atoms with E-state index >= 15 is 0 Å². The molecule has 1 saturated heterocycles. The van der Waals surface area contributed by atoms with Crippen molar-refractivity contribution in [3.63, 3.8) is 0 Å². The lowest BCUT2D eigenvalue weighted by molar-refractivity contribution is 0.301. The van der Waals surface area contributed by atoms with E-state index in [-0.39, 0.29) is 0 Å². The van der Waals surface area contributed by atoms with Crippen LogP contribution in [0.4, 0.5) is 0 Å². The van der Waals surface area contributed by atoms with Crippen LogP contribution in [-0.2, 0) is 6.61 Å². The summed E-state index contributed by atoms with van der Waals surface area (Å²) in [5.74, 6) is 2.29. The first-order valence-corrected chi connectivity index (χ1v) is 7.82. The summed E-state index contributed by atoms with van der Waals surface area (Å²) in [7, 11) is 1.71. The van der Waals surface area contributed by atoms with Crippen LogP contribution in [0.25, 0.3) is 0 Å². The van der Waals surface area contributed by atoms with Crippen molar-refractivity contribution in [2.24, 2.45) is 0 Å². The third-order valence-electron chi connectivity index (χ3n) is 3.74. The second-order valence-corrected chi connectivity index (χ2v) is 6.01. The average Bonchev–Trinajstić information content (AvgIpc) is 2.46. The standard InChI is InChI=1S/C17H18BrNO2/c1-20-16-8-15(18)17(7-14(16)13-9-19-10-13)21-11-12-5-3-2-4-6-12/h2-8,13,19H,9-11H2,1H3. The zero-order chi connectivity index (χ0) is 14.7. The zero-order valence-corrected chi connectivity index (χ0v) is 13.5. The predicted octanol–water partition coefficient (Wildman–Crippen LogP) is 3.72. The lowest BCUT2D eigenvalue weighted by atomic mass is 9.93. The summed E-state index contributed by atoms with van der Waals surface area (Å²) in [5, 5.41) is 3.29. The van der Waals surface area contributed by atoms with Gasteiger partial charge in [0.25, 0.3) is 0 Å². The van der Waals surface area contributed by atoms with Crippen molar-refractivity contribution in [1.29, 1.82) is 0 Å². The molecule has 1 heterocycles. The number of ether oxygens (including phenoxy) is 2. The molecule has 1 fully saturated rings. The first-order chi connectivity index (χ1) is 10.3. The van der Waals surface area contributed by atoms with Gasteiger partial charge in [-0.1, -0.05) is 30.3 Å². The largest absolute Gasteiger partial charge is 0.496 e. The quantitative estimate of drug-likeness (QED) is 0.893. The van der Waals surface area contributed by atoms with Gasteiger partial charge in [0.15, 0.2) is 0 Å². The van der Waals surface area contributed by atoms with Crippen molar-refractivity contribution in [3.05, 3.63) is 58.1 Å². The van der Waals surface area contributed by atoms with Gasteiger partial charge < -0.3 is 14.8 Å². The Morgan fingerprint density at radius 3 is 2.52 bits per heavy atom. The van der Waals surface area contributed by atoms with E-state index in [2.05, 4.69) is 39.4 Å². The molecule has 1 aliphatic rings. The smallest absolute Gasteiger partial charge is 0.134 e. The molecule has 2 aromatic carbocycles. The van der Waals surface area contributed by atoms with Crippen LogP contribution in [0.1, 0.15) is 17.0 Å². The van der Waals surface area contributed by atoms with Crippen LogP contribution in [0.2, 0.25) is 0 Å². The summed E-state index contributed by atoms with van der Waals surface area (Å²) in [6.07, 6.45) is 0. The summed E-state index contributed by atoms with van der Waals surface area (Å²) in [6.45, 7) is 2.56. The Hall–Kier alpha value is -1.52. The molecule has 21 heavy (non-hydrogen) atoms. The van der Waals surface area contributed by atoms with Gasteiger partial charge in [-0.15, -0.1) is 0 Å². The molecule has 0 unspecified atom stereocenters. The summed E-state index contributed by atoms with van der Waals surface area (Å²) in [6, 6.07) is 14.3. The number of halogens is 1. The van der Waals surface area contributed by atoms with E-state index in [0.717, 1.165) is 34.6 Å². The minimum absolute atomic E-state index is 0.507. The molecule has 2 aromatic rings. The number of hydrogen-bond acceptors (Lipinski definition) is 3. The summed E-state index contributed by atoms with van der Waals surface area (Å²) >= 11 is 3.56. The lowest BCUT2D eigenvalue weighted by Crippen LogP contribution is -2.40. The Bertz CT molecular complexity index is 612. The van der Waals surface area contributed by atoms with Gasteiger partial charge >= 0.3 is 0 Å². The molecule has 0 atom stereocenters. The van der Waals surface area contributed by atoms with Gasteiger partial charge in [-0.25, -0.2) is 0 Å².